The summed E-state index contributed by atoms with van der Waals surface area (Å²) in [6.45, 7) is 1.43. The first-order valence-corrected chi connectivity index (χ1v) is 3.94. The molecule has 0 aromatic rings. The number of ether oxygens (including phenoxy) is 2. The number of hydrogen-bond acceptors (Lipinski definition) is 4. The molecule has 0 amide bonds. The van der Waals surface area contributed by atoms with Crippen LogP contribution in [0.1, 0.15) is 0 Å². The fraction of sp³-hybridized carbons (Fsp3) is 0.750. The van der Waals surface area contributed by atoms with Gasteiger partial charge in [-0.2, -0.15) is 0 Å². The van der Waals surface area contributed by atoms with E-state index in [0.29, 0.717) is 24.0 Å². The molecule has 76 valence electrons. The minimum Gasteiger partial charge on any atom is -0.464 e. The Morgan fingerprint density at radius 1 is 1.23 bits per heavy atom. The largest absolute Gasteiger partial charge is 0.464 e. The summed E-state index contributed by atoms with van der Waals surface area (Å²) in [4.78, 5) is 20.0. The van der Waals surface area contributed by atoms with Crippen molar-refractivity contribution >= 4 is 12.9 Å². The fourth-order valence-corrected chi connectivity index (χ4v) is 0.971. The standard InChI is InChI=1S/C8H16NO4/c1-9(2,3)4-8(13-7-11)5-12-6-10/h6-8H,4-5H2,1-3H3/q+1. The van der Waals surface area contributed by atoms with Crippen molar-refractivity contribution in [2.75, 3.05) is 34.3 Å². The second kappa shape index (κ2) is 5.53. The zero-order valence-corrected chi connectivity index (χ0v) is 8.23. The van der Waals surface area contributed by atoms with Crippen LogP contribution in [0.25, 0.3) is 0 Å². The summed E-state index contributed by atoms with van der Waals surface area (Å²) >= 11 is 0. The highest BCUT2D eigenvalue weighted by molar-refractivity contribution is 5.38. The quantitative estimate of drug-likeness (QED) is 0.397. The van der Waals surface area contributed by atoms with Crippen LogP contribution in [0.2, 0.25) is 0 Å². The second-order valence-corrected chi connectivity index (χ2v) is 3.76. The molecule has 0 fully saturated rings. The zero-order valence-electron chi connectivity index (χ0n) is 8.23. The van der Waals surface area contributed by atoms with Gasteiger partial charge < -0.3 is 14.0 Å². The van der Waals surface area contributed by atoms with Crippen LogP contribution in [0.15, 0.2) is 0 Å². The molecule has 0 spiro atoms. The Bertz CT molecular complexity index is 164. The number of hydrogen-bond donors (Lipinski definition) is 0. The molecule has 0 rings (SSSR count). The van der Waals surface area contributed by atoms with Gasteiger partial charge in [-0.1, -0.05) is 0 Å². The summed E-state index contributed by atoms with van der Waals surface area (Å²) in [6.07, 6.45) is -0.373. The molecular formula is C8H16NO4+. The lowest BCUT2D eigenvalue weighted by atomic mass is 10.3. The maximum Gasteiger partial charge on any atom is 0.293 e. The molecule has 0 heterocycles. The number of carbonyl (C=O) groups excluding carboxylic acids is 2. The Kier molecular flexibility index (Phi) is 5.06. The average Bonchev–Trinajstić information content (AvgIpc) is 1.98. The van der Waals surface area contributed by atoms with Crippen LogP contribution in [0.3, 0.4) is 0 Å². The predicted molar refractivity (Wildman–Crippen MR) is 45.9 cm³/mol. The molecular weight excluding hydrogens is 174 g/mol. The number of quaternary nitrogens is 1. The maximum absolute atomic E-state index is 10.1. The van der Waals surface area contributed by atoms with E-state index in [1.54, 1.807) is 0 Å². The third kappa shape index (κ3) is 7.27. The number of rotatable bonds is 7. The zero-order chi connectivity index (χ0) is 10.3. The molecule has 5 nitrogen and oxygen atoms in total. The third-order valence-electron chi connectivity index (χ3n) is 1.35. The van der Waals surface area contributed by atoms with Gasteiger partial charge >= 0.3 is 0 Å². The predicted octanol–water partition coefficient (Wildman–Crippen LogP) is -0.593. The Morgan fingerprint density at radius 2 is 1.85 bits per heavy atom. The van der Waals surface area contributed by atoms with E-state index in [9.17, 15) is 9.59 Å². The summed E-state index contributed by atoms with van der Waals surface area (Å²) in [5, 5.41) is 0. The lowest BCUT2D eigenvalue weighted by Gasteiger charge is -2.27. The van der Waals surface area contributed by atoms with Gasteiger partial charge in [0, 0.05) is 0 Å². The van der Waals surface area contributed by atoms with E-state index >= 15 is 0 Å². The minimum atomic E-state index is -0.373. The van der Waals surface area contributed by atoms with Gasteiger partial charge in [-0.25, -0.2) is 0 Å². The summed E-state index contributed by atoms with van der Waals surface area (Å²) in [5.74, 6) is 0. The first-order valence-electron chi connectivity index (χ1n) is 3.94. The van der Waals surface area contributed by atoms with Crippen LogP contribution in [0, 0.1) is 0 Å². The molecule has 5 heteroatoms. The van der Waals surface area contributed by atoms with E-state index < -0.39 is 0 Å². The fourth-order valence-electron chi connectivity index (χ4n) is 0.971. The van der Waals surface area contributed by atoms with Gasteiger partial charge in [0.25, 0.3) is 12.9 Å². The first kappa shape index (κ1) is 11.9. The topological polar surface area (TPSA) is 52.6 Å². The van der Waals surface area contributed by atoms with E-state index in [1.807, 2.05) is 21.1 Å². The molecule has 0 radical (unpaired) electrons. The van der Waals surface area contributed by atoms with Crippen molar-refractivity contribution in [3.05, 3.63) is 0 Å². The minimum absolute atomic E-state index is 0.109. The van der Waals surface area contributed by atoms with Crippen molar-refractivity contribution in [1.82, 2.24) is 0 Å². The van der Waals surface area contributed by atoms with Crippen molar-refractivity contribution in [2.45, 2.75) is 6.10 Å². The number of nitrogens with zero attached hydrogens (tertiary/aromatic N) is 1. The molecule has 1 unspecified atom stereocenters. The van der Waals surface area contributed by atoms with Crippen molar-refractivity contribution < 1.29 is 23.5 Å². The van der Waals surface area contributed by atoms with Gasteiger partial charge in [0.1, 0.15) is 13.2 Å². The maximum atomic E-state index is 10.1. The molecule has 0 saturated carbocycles. The van der Waals surface area contributed by atoms with Crippen LogP contribution >= 0.6 is 0 Å². The molecule has 0 bridgehead atoms. The molecule has 13 heavy (non-hydrogen) atoms. The van der Waals surface area contributed by atoms with E-state index in [0.717, 1.165) is 0 Å². The molecule has 0 aromatic heterocycles. The Balaban J connectivity index is 3.92. The van der Waals surface area contributed by atoms with Crippen LogP contribution in [-0.2, 0) is 19.1 Å². The van der Waals surface area contributed by atoms with Crippen molar-refractivity contribution in [3.8, 4) is 0 Å². The Morgan fingerprint density at radius 3 is 2.23 bits per heavy atom. The molecule has 0 aliphatic heterocycles. The second-order valence-electron chi connectivity index (χ2n) is 3.76. The third-order valence-corrected chi connectivity index (χ3v) is 1.35. The van der Waals surface area contributed by atoms with E-state index in [2.05, 4.69) is 4.74 Å². The van der Waals surface area contributed by atoms with Gasteiger partial charge in [-0.15, -0.1) is 0 Å². The van der Waals surface area contributed by atoms with Crippen LogP contribution in [0.5, 0.6) is 0 Å². The molecule has 0 aliphatic rings. The van der Waals surface area contributed by atoms with Gasteiger partial charge in [0.2, 0.25) is 0 Å². The molecule has 1 atom stereocenters. The summed E-state index contributed by atoms with van der Waals surface area (Å²) in [7, 11) is 5.88. The highest BCUT2D eigenvalue weighted by atomic mass is 16.6. The SMILES string of the molecule is C[N+](C)(C)CC(COC=O)OC=O. The van der Waals surface area contributed by atoms with Crippen molar-refractivity contribution in [2.24, 2.45) is 0 Å². The van der Waals surface area contributed by atoms with Gasteiger partial charge in [-0.05, 0) is 0 Å². The molecule has 0 saturated heterocycles. The van der Waals surface area contributed by atoms with E-state index in [1.165, 1.54) is 0 Å². The van der Waals surface area contributed by atoms with E-state index in [-0.39, 0.29) is 12.7 Å². The van der Waals surface area contributed by atoms with Gasteiger partial charge in [0.15, 0.2) is 6.10 Å². The number of likely N-dealkylation sites (N-methyl/N-ethyl adjacent to an activating group) is 1. The highest BCUT2D eigenvalue weighted by Crippen LogP contribution is 1.99. The summed E-state index contributed by atoms with van der Waals surface area (Å²) in [5.41, 5.74) is 0. The van der Waals surface area contributed by atoms with Gasteiger partial charge in [0.05, 0.1) is 21.1 Å². The van der Waals surface area contributed by atoms with Gasteiger partial charge in [-0.3, -0.25) is 9.59 Å². The van der Waals surface area contributed by atoms with Crippen LogP contribution in [0.4, 0.5) is 0 Å². The average molecular weight is 190 g/mol. The number of carbonyl (C=O) groups is 2. The first-order chi connectivity index (χ1) is 5.99. The normalized spacial score (nSPS) is 13.2. The summed E-state index contributed by atoms with van der Waals surface area (Å²) < 4.78 is 9.90. The highest BCUT2D eigenvalue weighted by Gasteiger charge is 2.19. The van der Waals surface area contributed by atoms with E-state index in [4.69, 9.17) is 4.74 Å². The smallest absolute Gasteiger partial charge is 0.293 e. The Hall–Kier alpha value is -1.10. The lowest BCUT2D eigenvalue weighted by Crippen LogP contribution is -2.44. The lowest BCUT2D eigenvalue weighted by molar-refractivity contribution is -0.873. The molecule has 0 aromatic carbocycles. The molecule has 0 aliphatic carbocycles. The Labute approximate surface area is 77.8 Å². The molecule has 0 N–H and O–H groups in total. The van der Waals surface area contributed by atoms with Crippen LogP contribution in [-0.4, -0.2) is 57.8 Å². The van der Waals surface area contributed by atoms with Crippen LogP contribution < -0.4 is 0 Å². The van der Waals surface area contributed by atoms with Crippen molar-refractivity contribution in [1.29, 1.82) is 0 Å². The summed E-state index contributed by atoms with van der Waals surface area (Å²) in [6, 6.07) is 0. The monoisotopic (exact) mass is 190 g/mol. The van der Waals surface area contributed by atoms with Crippen molar-refractivity contribution in [3.63, 3.8) is 0 Å².